The molecule has 0 atom stereocenters. The van der Waals surface area contributed by atoms with Gasteiger partial charge in [0, 0.05) is 18.7 Å². The monoisotopic (exact) mass is 298 g/mol. The van der Waals surface area contributed by atoms with Crippen LogP contribution in [0.2, 0.25) is 0 Å². The average Bonchev–Trinajstić information content (AvgIpc) is 2.38. The van der Waals surface area contributed by atoms with Gasteiger partial charge in [-0.15, -0.1) is 0 Å². The van der Waals surface area contributed by atoms with Gasteiger partial charge in [0.05, 0.1) is 23.4 Å². The van der Waals surface area contributed by atoms with E-state index in [0.29, 0.717) is 30.0 Å². The van der Waals surface area contributed by atoms with Crippen molar-refractivity contribution in [2.45, 2.75) is 33.1 Å². The summed E-state index contributed by atoms with van der Waals surface area (Å²) < 4.78 is 6.01. The predicted octanol–water partition coefficient (Wildman–Crippen LogP) is 2.33. The fraction of sp³-hybridized carbons (Fsp3) is 0.733. The molecule has 1 aromatic rings. The van der Waals surface area contributed by atoms with Crippen molar-refractivity contribution in [1.82, 2.24) is 4.90 Å². The van der Waals surface area contributed by atoms with E-state index in [2.05, 4.69) is 45.0 Å². The largest absolute Gasteiger partial charge is 0.379 e. The molecule has 0 saturated heterocycles. The van der Waals surface area contributed by atoms with Gasteiger partial charge in [-0.3, -0.25) is 4.79 Å². The van der Waals surface area contributed by atoms with Crippen molar-refractivity contribution < 1.29 is 4.74 Å². The summed E-state index contributed by atoms with van der Waals surface area (Å²) in [6, 6.07) is 0. The fourth-order valence-electron chi connectivity index (χ4n) is 2.00. The SMILES string of the molecule is CCN(C)CCOCCNc1c(C(C)(C)C)c(=S)c1=O. The molecule has 0 unspecified atom stereocenters. The van der Waals surface area contributed by atoms with Crippen molar-refractivity contribution in [3.8, 4) is 0 Å². The van der Waals surface area contributed by atoms with Crippen LogP contribution in [-0.4, -0.2) is 44.8 Å². The maximum atomic E-state index is 11.8. The van der Waals surface area contributed by atoms with E-state index in [0.717, 1.165) is 18.7 Å². The minimum Gasteiger partial charge on any atom is -0.379 e. The molecule has 1 aromatic carbocycles. The molecule has 0 saturated carbocycles. The quantitative estimate of drug-likeness (QED) is 0.589. The number of hydrogen-bond acceptors (Lipinski definition) is 5. The molecule has 0 spiro atoms. The molecule has 0 heterocycles. The lowest BCUT2D eigenvalue weighted by molar-refractivity contribution is 0.121. The molecule has 114 valence electrons. The standard InChI is InChI=1S/C15H26N2O2S/c1-6-17(5)8-10-19-9-7-16-12-11(15(2,3)4)14(20)13(12)18/h16H,6-10H2,1-5H3. The van der Waals surface area contributed by atoms with Gasteiger partial charge in [-0.2, -0.15) is 0 Å². The van der Waals surface area contributed by atoms with E-state index < -0.39 is 0 Å². The second-order valence-electron chi connectivity index (χ2n) is 6.09. The van der Waals surface area contributed by atoms with Crippen LogP contribution in [0.4, 0.5) is 5.69 Å². The van der Waals surface area contributed by atoms with Gasteiger partial charge in [0.15, 0.2) is 0 Å². The number of nitrogens with one attached hydrogen (secondary N) is 1. The summed E-state index contributed by atoms with van der Waals surface area (Å²) in [6.45, 7) is 12.2. The second kappa shape index (κ2) is 7.29. The third-order valence-corrected chi connectivity index (χ3v) is 3.76. The topological polar surface area (TPSA) is 41.6 Å². The van der Waals surface area contributed by atoms with Crippen molar-refractivity contribution >= 4 is 17.9 Å². The van der Waals surface area contributed by atoms with E-state index in [1.165, 1.54) is 0 Å². The lowest BCUT2D eigenvalue weighted by atomic mass is 9.83. The maximum absolute atomic E-state index is 11.8. The lowest BCUT2D eigenvalue weighted by Crippen LogP contribution is -2.30. The number of rotatable bonds is 8. The number of ether oxygens (including phenoxy) is 1. The Morgan fingerprint density at radius 1 is 1.30 bits per heavy atom. The van der Waals surface area contributed by atoms with E-state index in [9.17, 15) is 4.79 Å². The zero-order chi connectivity index (χ0) is 15.3. The van der Waals surface area contributed by atoms with Crippen LogP contribution in [0.25, 0.3) is 0 Å². The zero-order valence-electron chi connectivity index (χ0n) is 13.2. The Morgan fingerprint density at radius 3 is 2.50 bits per heavy atom. The Hall–Kier alpha value is -0.780. The highest BCUT2D eigenvalue weighted by molar-refractivity contribution is 7.71. The molecule has 20 heavy (non-hydrogen) atoms. The Bertz CT molecular complexity index is 499. The van der Waals surface area contributed by atoms with Crippen molar-refractivity contribution in [3.63, 3.8) is 0 Å². The Labute approximate surface area is 126 Å². The summed E-state index contributed by atoms with van der Waals surface area (Å²) in [5.74, 6) is 0. The maximum Gasteiger partial charge on any atom is 0.220 e. The minimum atomic E-state index is -0.0853. The molecular weight excluding hydrogens is 272 g/mol. The van der Waals surface area contributed by atoms with Gasteiger partial charge in [0.25, 0.3) is 0 Å². The predicted molar refractivity (Wildman–Crippen MR) is 87.1 cm³/mol. The van der Waals surface area contributed by atoms with Crippen molar-refractivity contribution in [2.75, 3.05) is 45.2 Å². The molecule has 0 bridgehead atoms. The van der Waals surface area contributed by atoms with Crippen LogP contribution in [0.1, 0.15) is 33.3 Å². The Morgan fingerprint density at radius 2 is 1.95 bits per heavy atom. The third kappa shape index (κ3) is 4.36. The second-order valence-corrected chi connectivity index (χ2v) is 6.50. The molecule has 0 aliphatic heterocycles. The highest BCUT2D eigenvalue weighted by atomic mass is 32.1. The zero-order valence-corrected chi connectivity index (χ0v) is 14.0. The average molecular weight is 298 g/mol. The fourth-order valence-corrected chi connectivity index (χ4v) is 2.51. The highest BCUT2D eigenvalue weighted by Gasteiger charge is 2.27. The molecule has 0 aliphatic rings. The van der Waals surface area contributed by atoms with E-state index in [1.807, 2.05) is 0 Å². The third-order valence-electron chi connectivity index (χ3n) is 3.37. The Balaban J connectivity index is 2.36. The number of nitrogens with zero attached hydrogens (tertiary/aromatic N) is 1. The van der Waals surface area contributed by atoms with Crippen LogP contribution in [0.5, 0.6) is 0 Å². The normalized spacial score (nSPS) is 12.3. The molecular formula is C15H26N2O2S. The Kier molecular flexibility index (Phi) is 6.30. The van der Waals surface area contributed by atoms with Gasteiger partial charge in [0.2, 0.25) is 5.43 Å². The summed E-state index contributed by atoms with van der Waals surface area (Å²) in [5.41, 5.74) is 1.54. The van der Waals surface area contributed by atoms with Gasteiger partial charge in [-0.1, -0.05) is 39.9 Å². The van der Waals surface area contributed by atoms with Gasteiger partial charge in [0.1, 0.15) is 0 Å². The van der Waals surface area contributed by atoms with E-state index in [1.54, 1.807) is 0 Å². The number of hydrogen-bond donors (Lipinski definition) is 1. The number of anilines is 1. The highest BCUT2D eigenvalue weighted by Crippen LogP contribution is 2.30. The first kappa shape index (κ1) is 17.3. The molecule has 0 amide bonds. The van der Waals surface area contributed by atoms with Crippen LogP contribution < -0.4 is 10.7 Å². The van der Waals surface area contributed by atoms with Crippen LogP contribution in [0.3, 0.4) is 0 Å². The summed E-state index contributed by atoms with van der Waals surface area (Å²) in [4.78, 5) is 14.0. The molecule has 0 fully saturated rings. The molecule has 1 rings (SSSR count). The van der Waals surface area contributed by atoms with Gasteiger partial charge >= 0.3 is 0 Å². The van der Waals surface area contributed by atoms with Crippen molar-refractivity contribution in [3.05, 3.63) is 20.3 Å². The van der Waals surface area contributed by atoms with E-state index in [-0.39, 0.29) is 10.8 Å². The van der Waals surface area contributed by atoms with Gasteiger partial charge in [-0.05, 0) is 19.0 Å². The van der Waals surface area contributed by atoms with Gasteiger partial charge < -0.3 is 15.0 Å². The first-order chi connectivity index (χ1) is 9.29. The van der Waals surface area contributed by atoms with Crippen LogP contribution >= 0.6 is 12.2 Å². The number of likely N-dealkylation sites (N-methyl/N-ethyl adjacent to an activating group) is 1. The summed E-state index contributed by atoms with van der Waals surface area (Å²) in [5, 5.41) is 3.16. The molecule has 0 radical (unpaired) electrons. The van der Waals surface area contributed by atoms with E-state index >= 15 is 0 Å². The lowest BCUT2D eigenvalue weighted by Gasteiger charge is -2.25. The van der Waals surface area contributed by atoms with Crippen molar-refractivity contribution in [1.29, 1.82) is 0 Å². The first-order valence-corrected chi connectivity index (χ1v) is 7.53. The van der Waals surface area contributed by atoms with Crippen LogP contribution in [0.15, 0.2) is 4.79 Å². The van der Waals surface area contributed by atoms with Gasteiger partial charge in [-0.25, -0.2) is 0 Å². The molecule has 0 aliphatic carbocycles. The first-order valence-electron chi connectivity index (χ1n) is 7.13. The summed E-state index contributed by atoms with van der Waals surface area (Å²) in [7, 11) is 2.07. The van der Waals surface area contributed by atoms with E-state index in [4.69, 9.17) is 17.0 Å². The minimum absolute atomic E-state index is 0.0318. The van der Waals surface area contributed by atoms with Crippen LogP contribution in [0, 0.1) is 4.51 Å². The smallest absolute Gasteiger partial charge is 0.220 e. The van der Waals surface area contributed by atoms with Crippen LogP contribution in [-0.2, 0) is 10.2 Å². The molecule has 0 aromatic heterocycles. The molecule has 4 nitrogen and oxygen atoms in total. The summed E-state index contributed by atoms with van der Waals surface area (Å²) in [6.07, 6.45) is 0. The van der Waals surface area contributed by atoms with Crippen molar-refractivity contribution in [2.24, 2.45) is 0 Å². The summed E-state index contributed by atoms with van der Waals surface area (Å²) >= 11 is 5.13. The molecule has 1 N–H and O–H groups in total. The molecule has 5 heteroatoms.